The van der Waals surface area contributed by atoms with Gasteiger partial charge in [0.15, 0.2) is 5.78 Å². The number of ether oxygens (including phenoxy) is 1. The summed E-state index contributed by atoms with van der Waals surface area (Å²) in [5, 5.41) is 3.28. The highest BCUT2D eigenvalue weighted by Gasteiger charge is 2.37. The third-order valence-electron chi connectivity index (χ3n) is 4.00. The predicted molar refractivity (Wildman–Crippen MR) is 84.8 cm³/mol. The molecule has 0 saturated carbocycles. The van der Waals surface area contributed by atoms with Crippen molar-refractivity contribution in [2.75, 3.05) is 18.6 Å². The molecular formula is C16H23NO3S. The molecule has 0 aromatic heterocycles. The fourth-order valence-electron chi connectivity index (χ4n) is 3.13. The Labute approximate surface area is 130 Å². The largest absolute Gasteiger partial charge is 0.463 e. The van der Waals surface area contributed by atoms with E-state index in [0.717, 1.165) is 42.0 Å². The Morgan fingerprint density at radius 3 is 2.86 bits per heavy atom. The molecule has 0 bridgehead atoms. The molecule has 116 valence electrons. The van der Waals surface area contributed by atoms with Gasteiger partial charge in [-0.25, -0.2) is 4.79 Å². The molecular weight excluding hydrogens is 286 g/mol. The van der Waals surface area contributed by atoms with Gasteiger partial charge in [-0.3, -0.25) is 4.79 Å². The number of esters is 1. The van der Waals surface area contributed by atoms with Crippen LogP contribution in [0.1, 0.15) is 39.5 Å². The maximum atomic E-state index is 12.4. The molecule has 0 aromatic rings. The van der Waals surface area contributed by atoms with Crippen molar-refractivity contribution < 1.29 is 14.3 Å². The molecule has 1 unspecified atom stereocenters. The Balaban J connectivity index is 2.38. The van der Waals surface area contributed by atoms with Gasteiger partial charge in [-0.1, -0.05) is 0 Å². The van der Waals surface area contributed by atoms with Gasteiger partial charge in [0.05, 0.1) is 12.2 Å². The Kier molecular flexibility index (Phi) is 5.51. The summed E-state index contributed by atoms with van der Waals surface area (Å²) in [5.41, 5.74) is 3.32. The highest BCUT2D eigenvalue weighted by Crippen LogP contribution is 2.38. The smallest absolute Gasteiger partial charge is 0.336 e. The summed E-state index contributed by atoms with van der Waals surface area (Å²) in [4.78, 5) is 24.7. The van der Waals surface area contributed by atoms with Gasteiger partial charge in [-0.2, -0.15) is 11.8 Å². The van der Waals surface area contributed by atoms with E-state index < -0.39 is 0 Å². The van der Waals surface area contributed by atoms with E-state index in [9.17, 15) is 9.59 Å². The van der Waals surface area contributed by atoms with Crippen LogP contribution in [0.4, 0.5) is 0 Å². The Bertz CT molecular complexity index is 508. The van der Waals surface area contributed by atoms with Crippen molar-refractivity contribution in [3.05, 3.63) is 22.5 Å². The van der Waals surface area contributed by atoms with Crippen LogP contribution in [0.25, 0.3) is 0 Å². The molecule has 4 nitrogen and oxygen atoms in total. The van der Waals surface area contributed by atoms with Crippen LogP contribution in [-0.4, -0.2) is 30.4 Å². The molecule has 2 rings (SSSR count). The molecule has 0 saturated heterocycles. The molecule has 1 heterocycles. The number of carbonyl (C=O) groups excluding carboxylic acids is 2. The van der Waals surface area contributed by atoms with Gasteiger partial charge < -0.3 is 10.1 Å². The maximum absolute atomic E-state index is 12.4. The van der Waals surface area contributed by atoms with E-state index in [1.54, 1.807) is 18.7 Å². The van der Waals surface area contributed by atoms with Crippen molar-refractivity contribution in [3.63, 3.8) is 0 Å². The lowest BCUT2D eigenvalue weighted by Crippen LogP contribution is -2.35. The summed E-state index contributed by atoms with van der Waals surface area (Å²) >= 11 is 1.74. The first-order chi connectivity index (χ1) is 10.1. The molecule has 0 amide bonds. The number of carbonyl (C=O) groups is 2. The molecule has 0 spiro atoms. The summed E-state index contributed by atoms with van der Waals surface area (Å²) in [6, 6.07) is 0. The number of Topliss-reactive ketones (excluding diaryl/α,β-unsaturated/α-hetero) is 1. The molecule has 0 radical (unpaired) electrons. The number of thioether (sulfide) groups is 1. The van der Waals surface area contributed by atoms with Crippen LogP contribution in [0, 0.1) is 5.92 Å². The summed E-state index contributed by atoms with van der Waals surface area (Å²) in [5.74, 6) is 0.702. The topological polar surface area (TPSA) is 55.4 Å². The van der Waals surface area contributed by atoms with Crippen LogP contribution in [0.2, 0.25) is 0 Å². The van der Waals surface area contributed by atoms with Crippen molar-refractivity contribution in [2.45, 2.75) is 39.5 Å². The van der Waals surface area contributed by atoms with Crippen molar-refractivity contribution in [3.8, 4) is 0 Å². The van der Waals surface area contributed by atoms with E-state index in [1.807, 2.05) is 13.2 Å². The molecule has 21 heavy (non-hydrogen) atoms. The van der Waals surface area contributed by atoms with Gasteiger partial charge >= 0.3 is 5.97 Å². The third kappa shape index (κ3) is 3.34. The van der Waals surface area contributed by atoms with Crippen LogP contribution in [0.15, 0.2) is 22.5 Å². The van der Waals surface area contributed by atoms with Crippen LogP contribution >= 0.6 is 11.8 Å². The zero-order chi connectivity index (χ0) is 15.4. The van der Waals surface area contributed by atoms with E-state index in [1.165, 1.54) is 0 Å². The number of dihydropyridines is 1. The number of hydrogen-bond donors (Lipinski definition) is 1. The molecule has 0 aromatic carbocycles. The van der Waals surface area contributed by atoms with Gasteiger partial charge in [0.1, 0.15) is 0 Å². The first-order valence-electron chi connectivity index (χ1n) is 7.50. The van der Waals surface area contributed by atoms with Gasteiger partial charge in [-0.15, -0.1) is 0 Å². The zero-order valence-corrected chi connectivity index (χ0v) is 13.8. The fourth-order valence-corrected chi connectivity index (χ4v) is 3.60. The van der Waals surface area contributed by atoms with E-state index in [0.29, 0.717) is 18.6 Å². The van der Waals surface area contributed by atoms with E-state index in [4.69, 9.17) is 4.74 Å². The second-order valence-corrected chi connectivity index (χ2v) is 6.37. The Morgan fingerprint density at radius 2 is 2.19 bits per heavy atom. The van der Waals surface area contributed by atoms with E-state index in [-0.39, 0.29) is 17.7 Å². The van der Waals surface area contributed by atoms with Gasteiger partial charge in [0.25, 0.3) is 0 Å². The number of rotatable bonds is 5. The Hall–Kier alpha value is -1.23. The molecule has 1 atom stereocenters. The zero-order valence-electron chi connectivity index (χ0n) is 13.0. The average Bonchev–Trinajstić information content (AvgIpc) is 2.44. The fraction of sp³-hybridized carbons (Fsp3) is 0.625. The van der Waals surface area contributed by atoms with E-state index >= 15 is 0 Å². The van der Waals surface area contributed by atoms with Crippen LogP contribution in [-0.2, 0) is 14.3 Å². The minimum atomic E-state index is -0.293. The summed E-state index contributed by atoms with van der Waals surface area (Å²) in [7, 11) is 0. The second-order valence-electron chi connectivity index (χ2n) is 5.39. The van der Waals surface area contributed by atoms with Gasteiger partial charge in [-0.05, 0) is 45.1 Å². The van der Waals surface area contributed by atoms with E-state index in [2.05, 4.69) is 5.32 Å². The monoisotopic (exact) mass is 309 g/mol. The quantitative estimate of drug-likeness (QED) is 0.791. The maximum Gasteiger partial charge on any atom is 0.336 e. The Morgan fingerprint density at radius 1 is 1.43 bits per heavy atom. The summed E-state index contributed by atoms with van der Waals surface area (Å²) < 4.78 is 5.20. The molecule has 1 N–H and O–H groups in total. The lowest BCUT2D eigenvalue weighted by molar-refractivity contribution is -0.139. The minimum Gasteiger partial charge on any atom is -0.463 e. The molecule has 0 fully saturated rings. The predicted octanol–water partition coefficient (Wildman–Crippen LogP) is 2.80. The highest BCUT2D eigenvalue weighted by molar-refractivity contribution is 7.98. The number of nitrogens with one attached hydrogen (secondary N) is 1. The first-order valence-corrected chi connectivity index (χ1v) is 8.89. The van der Waals surface area contributed by atoms with Crippen LogP contribution in [0.3, 0.4) is 0 Å². The van der Waals surface area contributed by atoms with Crippen molar-refractivity contribution in [1.29, 1.82) is 0 Å². The van der Waals surface area contributed by atoms with Crippen LogP contribution < -0.4 is 5.32 Å². The molecule has 1 aliphatic heterocycles. The van der Waals surface area contributed by atoms with Gasteiger partial charge in [0, 0.05) is 29.3 Å². The third-order valence-corrected chi connectivity index (χ3v) is 4.65. The van der Waals surface area contributed by atoms with Crippen molar-refractivity contribution >= 4 is 23.5 Å². The first kappa shape index (κ1) is 16.1. The average molecular weight is 309 g/mol. The number of ketones is 1. The highest BCUT2D eigenvalue weighted by atomic mass is 32.2. The minimum absolute atomic E-state index is 0.111. The lowest BCUT2D eigenvalue weighted by Gasteiger charge is -2.33. The molecule has 1 aliphatic carbocycles. The normalized spacial score (nSPS) is 22.0. The van der Waals surface area contributed by atoms with Gasteiger partial charge in [0.2, 0.25) is 0 Å². The second kappa shape index (κ2) is 7.16. The summed E-state index contributed by atoms with van der Waals surface area (Å²) in [6.07, 6.45) is 5.22. The SMILES string of the molecule is CCOC(=O)C1=C(C)NC2=C(C(=O)CCC2)C1CCSC. The molecule has 5 heteroatoms. The standard InChI is InChI=1S/C16H23NO3S/c1-4-20-16(19)14-10(2)17-12-6-5-7-13(18)15(12)11(14)8-9-21-3/h11,17H,4-9H2,1-3H3. The number of allylic oxidation sites excluding steroid dienone is 3. The molecule has 2 aliphatic rings. The van der Waals surface area contributed by atoms with Crippen molar-refractivity contribution in [1.82, 2.24) is 5.32 Å². The lowest BCUT2D eigenvalue weighted by atomic mass is 9.77. The number of hydrogen-bond acceptors (Lipinski definition) is 5. The van der Waals surface area contributed by atoms with Crippen LogP contribution in [0.5, 0.6) is 0 Å². The van der Waals surface area contributed by atoms with Crippen molar-refractivity contribution in [2.24, 2.45) is 5.92 Å². The summed E-state index contributed by atoms with van der Waals surface area (Å²) in [6.45, 7) is 4.06.